The zero-order valence-electron chi connectivity index (χ0n) is 16.9. The number of nitrogens with zero attached hydrogens (tertiary/aromatic N) is 1. The van der Waals surface area contributed by atoms with Crippen LogP contribution < -0.4 is 15.0 Å². The van der Waals surface area contributed by atoms with Gasteiger partial charge >= 0.3 is 0 Å². The number of anilines is 2. The summed E-state index contributed by atoms with van der Waals surface area (Å²) in [7, 11) is -2.30. The van der Waals surface area contributed by atoms with Crippen molar-refractivity contribution >= 4 is 38.3 Å². The Morgan fingerprint density at radius 1 is 1.32 bits per heavy atom. The second kappa shape index (κ2) is 9.35. The number of nitrogens with one attached hydrogen (secondary N) is 4. The van der Waals surface area contributed by atoms with Crippen LogP contribution in [0.15, 0.2) is 24.7 Å². The zero-order chi connectivity index (χ0) is 22.6. The standard InChI is InChI=1S/C19H21F2N5O4S/c1-3-8-31(28,29)26-13-5-4-12(20)15(16(13)21)17(27)11-9-23-19-14(11)18(24-10-25-19)22-6-7-30-2/h4-5,9-10,26H,3,6-8H2,1-2H3,(H2,22,23,24,25)/p+1. The molecule has 166 valence electrons. The number of ketones is 1. The highest BCUT2D eigenvalue weighted by atomic mass is 32.2. The van der Waals surface area contributed by atoms with Crippen molar-refractivity contribution in [3.63, 3.8) is 0 Å². The largest absolute Gasteiger partial charge is 0.381 e. The van der Waals surface area contributed by atoms with Gasteiger partial charge in [0.15, 0.2) is 5.82 Å². The molecule has 12 heteroatoms. The first-order valence-electron chi connectivity index (χ1n) is 9.42. The molecule has 0 aliphatic carbocycles. The molecule has 0 atom stereocenters. The van der Waals surface area contributed by atoms with E-state index in [0.29, 0.717) is 36.4 Å². The molecular weight excluding hydrogens is 432 g/mol. The lowest BCUT2D eigenvalue weighted by atomic mass is 10.0. The number of fused-ring (bicyclic) bond motifs is 1. The highest BCUT2D eigenvalue weighted by molar-refractivity contribution is 7.92. The molecule has 0 spiro atoms. The maximum absolute atomic E-state index is 15.0. The number of sulfonamides is 1. The first-order valence-corrected chi connectivity index (χ1v) is 11.1. The number of carbonyl (C=O) groups excluding carboxylic acids is 1. The Bertz CT molecular complexity index is 1210. The molecule has 0 saturated carbocycles. The van der Waals surface area contributed by atoms with Crippen LogP contribution in [-0.2, 0) is 14.8 Å². The summed E-state index contributed by atoms with van der Waals surface area (Å²) in [6.45, 7) is 2.44. The Morgan fingerprint density at radius 2 is 2.10 bits per heavy atom. The number of rotatable bonds is 10. The van der Waals surface area contributed by atoms with Gasteiger partial charge in [-0.15, -0.1) is 0 Å². The Morgan fingerprint density at radius 3 is 2.81 bits per heavy atom. The lowest BCUT2D eigenvalue weighted by Crippen LogP contribution is -2.19. The first kappa shape index (κ1) is 22.6. The third kappa shape index (κ3) is 4.80. The van der Waals surface area contributed by atoms with Gasteiger partial charge in [-0.05, 0) is 18.6 Å². The van der Waals surface area contributed by atoms with Gasteiger partial charge in [-0.25, -0.2) is 22.2 Å². The molecule has 2 aromatic heterocycles. The Kier molecular flexibility index (Phi) is 6.81. The summed E-state index contributed by atoms with van der Waals surface area (Å²) in [4.78, 5) is 22.9. The number of aromatic amines is 2. The maximum atomic E-state index is 15.0. The minimum Gasteiger partial charge on any atom is -0.381 e. The summed E-state index contributed by atoms with van der Waals surface area (Å²) >= 11 is 0. The number of aromatic nitrogens is 3. The summed E-state index contributed by atoms with van der Waals surface area (Å²) in [5.74, 6) is -3.20. The molecule has 2 heterocycles. The molecule has 0 aliphatic rings. The highest BCUT2D eigenvalue weighted by Gasteiger charge is 2.28. The SMILES string of the molecule is CCCS(=O)(=O)Nc1ccc(F)c(C(=O)c2c[nH]c3nc[nH+]c(NCCOC)c23)c1F. The summed E-state index contributed by atoms with van der Waals surface area (Å²) < 4.78 is 60.6. The van der Waals surface area contributed by atoms with E-state index in [-0.39, 0.29) is 11.3 Å². The summed E-state index contributed by atoms with van der Waals surface area (Å²) in [5, 5.41) is 3.34. The fourth-order valence-electron chi connectivity index (χ4n) is 3.06. The topological polar surface area (TPSA) is 127 Å². The first-order chi connectivity index (χ1) is 14.8. The number of methoxy groups -OCH3 is 1. The van der Waals surface area contributed by atoms with Crippen LogP contribution in [0.4, 0.5) is 20.3 Å². The monoisotopic (exact) mass is 454 g/mol. The van der Waals surface area contributed by atoms with Crippen molar-refractivity contribution in [2.45, 2.75) is 13.3 Å². The van der Waals surface area contributed by atoms with Gasteiger partial charge in [-0.2, -0.15) is 0 Å². The average molecular weight is 454 g/mol. The number of carbonyl (C=O) groups is 1. The highest BCUT2D eigenvalue weighted by Crippen LogP contribution is 2.29. The minimum atomic E-state index is -3.84. The summed E-state index contributed by atoms with van der Waals surface area (Å²) in [6, 6.07) is 1.79. The normalized spacial score (nSPS) is 11.6. The molecule has 3 aromatic rings. The van der Waals surface area contributed by atoms with Gasteiger partial charge in [-0.3, -0.25) is 9.52 Å². The van der Waals surface area contributed by atoms with Gasteiger partial charge in [0.05, 0.1) is 35.7 Å². The van der Waals surface area contributed by atoms with Crippen LogP contribution in [-0.4, -0.2) is 50.2 Å². The van der Waals surface area contributed by atoms with E-state index in [1.54, 1.807) is 6.92 Å². The van der Waals surface area contributed by atoms with Crippen LogP contribution >= 0.6 is 0 Å². The number of hydrogen-bond acceptors (Lipinski definition) is 6. The van der Waals surface area contributed by atoms with Crippen LogP contribution in [0, 0.1) is 11.6 Å². The molecule has 0 bridgehead atoms. The maximum Gasteiger partial charge on any atom is 0.232 e. The molecule has 9 nitrogen and oxygen atoms in total. The van der Waals surface area contributed by atoms with Crippen molar-refractivity contribution in [1.29, 1.82) is 0 Å². The number of H-pyrrole nitrogens is 2. The molecule has 0 fully saturated rings. The summed E-state index contributed by atoms with van der Waals surface area (Å²) in [5.41, 5.74) is -1.08. The number of halogens is 2. The van der Waals surface area contributed by atoms with Crippen LogP contribution in [0.5, 0.6) is 0 Å². The van der Waals surface area contributed by atoms with Crippen molar-refractivity contribution in [3.05, 3.63) is 47.4 Å². The van der Waals surface area contributed by atoms with Gasteiger partial charge in [0.2, 0.25) is 33.6 Å². The number of ether oxygens (including phenoxy) is 1. The fourth-order valence-corrected chi connectivity index (χ4v) is 4.19. The van der Waals surface area contributed by atoms with E-state index in [1.165, 1.54) is 19.6 Å². The van der Waals surface area contributed by atoms with E-state index >= 15 is 4.39 Å². The van der Waals surface area contributed by atoms with Crippen LogP contribution in [0.3, 0.4) is 0 Å². The van der Waals surface area contributed by atoms with Gasteiger partial charge in [0, 0.05) is 13.3 Å². The molecule has 1 aromatic carbocycles. The Balaban J connectivity index is 2.05. The predicted octanol–water partition coefficient (Wildman–Crippen LogP) is 2.10. The van der Waals surface area contributed by atoms with Crippen molar-refractivity contribution in [2.24, 2.45) is 0 Å². The van der Waals surface area contributed by atoms with Gasteiger partial charge in [0.1, 0.15) is 11.2 Å². The molecule has 0 unspecified atom stereocenters. The second-order valence-corrected chi connectivity index (χ2v) is 8.50. The third-order valence-electron chi connectivity index (χ3n) is 4.42. The molecule has 3 rings (SSSR count). The van der Waals surface area contributed by atoms with Crippen molar-refractivity contribution in [2.75, 3.05) is 36.1 Å². The molecule has 0 radical (unpaired) electrons. The Hall–Kier alpha value is -3.12. The Labute approximate surface area is 177 Å². The molecule has 4 N–H and O–H groups in total. The van der Waals surface area contributed by atoms with Crippen molar-refractivity contribution < 1.29 is 31.7 Å². The van der Waals surface area contributed by atoms with Gasteiger partial charge < -0.3 is 15.0 Å². The average Bonchev–Trinajstić information content (AvgIpc) is 3.15. The van der Waals surface area contributed by atoms with Gasteiger partial charge in [0.25, 0.3) is 0 Å². The van der Waals surface area contributed by atoms with Crippen LogP contribution in [0.2, 0.25) is 0 Å². The van der Waals surface area contributed by atoms with E-state index in [1.807, 2.05) is 0 Å². The second-order valence-electron chi connectivity index (χ2n) is 6.66. The van der Waals surface area contributed by atoms with E-state index in [4.69, 9.17) is 4.74 Å². The summed E-state index contributed by atoms with van der Waals surface area (Å²) in [6.07, 6.45) is 3.00. The fraction of sp³-hybridized carbons (Fsp3) is 0.316. The van der Waals surface area contributed by atoms with Crippen LogP contribution in [0.25, 0.3) is 11.0 Å². The third-order valence-corrected chi connectivity index (χ3v) is 5.90. The quantitative estimate of drug-likeness (QED) is 0.318. The predicted molar refractivity (Wildman–Crippen MR) is 111 cm³/mol. The molecule has 0 aliphatic heterocycles. The van der Waals surface area contributed by atoms with E-state index in [9.17, 15) is 17.6 Å². The molecule has 31 heavy (non-hydrogen) atoms. The molecule has 0 amide bonds. The van der Waals surface area contributed by atoms with Gasteiger partial charge in [-0.1, -0.05) is 11.9 Å². The van der Waals surface area contributed by atoms with E-state index < -0.39 is 38.7 Å². The minimum absolute atomic E-state index is 0.0365. The van der Waals surface area contributed by atoms with Crippen molar-refractivity contribution in [1.82, 2.24) is 9.97 Å². The van der Waals surface area contributed by atoms with E-state index in [2.05, 4.69) is 25.0 Å². The van der Waals surface area contributed by atoms with Crippen LogP contribution in [0.1, 0.15) is 29.3 Å². The zero-order valence-corrected chi connectivity index (χ0v) is 17.7. The molecular formula is C19H22F2N5O4S+. The van der Waals surface area contributed by atoms with Crippen molar-refractivity contribution in [3.8, 4) is 0 Å². The smallest absolute Gasteiger partial charge is 0.232 e. The lowest BCUT2D eigenvalue weighted by molar-refractivity contribution is -0.364. The molecule has 0 saturated heterocycles. The number of hydrogen-bond donors (Lipinski definition) is 3. The lowest BCUT2D eigenvalue weighted by Gasteiger charge is -2.11. The number of benzene rings is 1. The van der Waals surface area contributed by atoms with E-state index in [0.717, 1.165) is 12.1 Å².